The van der Waals surface area contributed by atoms with Crippen LogP contribution in [0.25, 0.3) is 0 Å². The van der Waals surface area contributed by atoms with Gasteiger partial charge < -0.3 is 0 Å². The minimum Gasteiger partial charge on any atom is -0.103 e. The highest BCUT2D eigenvalue weighted by atomic mass is 14.2. The predicted octanol–water partition coefficient (Wildman–Crippen LogP) is 2.96. The highest BCUT2D eigenvalue weighted by molar-refractivity contribution is 4.82. The van der Waals surface area contributed by atoms with E-state index in [2.05, 4.69) is 13.0 Å². The average Bonchev–Trinajstić information content (AvgIpc) is 1.91. The lowest BCUT2D eigenvalue weighted by Gasteiger charge is -2.19. The summed E-state index contributed by atoms with van der Waals surface area (Å²) in [5.74, 6) is 0.927. The lowest BCUT2D eigenvalue weighted by Crippen LogP contribution is -2.04. The Morgan fingerprint density at radius 2 is 2.56 bits per heavy atom. The Kier molecular flexibility index (Phi) is 2.82. The van der Waals surface area contributed by atoms with Crippen molar-refractivity contribution in [3.8, 4) is 0 Å². The molecule has 0 aromatic rings. The van der Waals surface area contributed by atoms with Crippen molar-refractivity contribution in [3.63, 3.8) is 0 Å². The third-order valence-corrected chi connectivity index (χ3v) is 2.02. The maximum absolute atomic E-state index is 3.74. The molecule has 0 amide bonds. The molecule has 0 aromatic heterocycles. The summed E-state index contributed by atoms with van der Waals surface area (Å²) in [5.41, 5.74) is 0. The van der Waals surface area contributed by atoms with Gasteiger partial charge in [-0.15, -0.1) is 6.58 Å². The quantitative estimate of drug-likeness (QED) is 0.495. The zero-order valence-corrected chi connectivity index (χ0v) is 5.97. The largest absolute Gasteiger partial charge is 0.103 e. The zero-order chi connectivity index (χ0) is 6.53. The van der Waals surface area contributed by atoms with Gasteiger partial charge in [0.15, 0.2) is 0 Å². The molecule has 1 aliphatic rings. The molecule has 0 unspecified atom stereocenters. The number of hydrogen-bond donors (Lipinski definition) is 0. The molecule has 1 aliphatic carbocycles. The van der Waals surface area contributed by atoms with Crippen molar-refractivity contribution < 1.29 is 0 Å². The van der Waals surface area contributed by atoms with Crippen molar-refractivity contribution >= 4 is 0 Å². The van der Waals surface area contributed by atoms with Crippen molar-refractivity contribution in [3.05, 3.63) is 19.1 Å². The first kappa shape index (κ1) is 6.85. The molecule has 0 nitrogen and oxygen atoms in total. The SMILES string of the molecule is C=CC[C@@H]1C[CH]CCC1. The highest BCUT2D eigenvalue weighted by Crippen LogP contribution is 2.25. The number of hydrogen-bond acceptors (Lipinski definition) is 0. The Morgan fingerprint density at radius 3 is 3.11 bits per heavy atom. The molecule has 0 N–H and O–H groups in total. The Balaban J connectivity index is 2.15. The van der Waals surface area contributed by atoms with E-state index in [4.69, 9.17) is 0 Å². The maximum atomic E-state index is 3.74. The fraction of sp³-hybridized carbons (Fsp3) is 0.667. The molecule has 0 saturated heterocycles. The summed E-state index contributed by atoms with van der Waals surface area (Å²) in [6.45, 7) is 3.74. The van der Waals surface area contributed by atoms with Crippen LogP contribution in [0, 0.1) is 12.3 Å². The van der Waals surface area contributed by atoms with E-state index >= 15 is 0 Å². The first-order chi connectivity index (χ1) is 4.43. The number of allylic oxidation sites excluding steroid dienone is 1. The van der Waals surface area contributed by atoms with Crippen LogP contribution in [0.3, 0.4) is 0 Å². The van der Waals surface area contributed by atoms with E-state index in [9.17, 15) is 0 Å². The van der Waals surface area contributed by atoms with Crippen LogP contribution in [0.15, 0.2) is 12.7 Å². The summed E-state index contributed by atoms with van der Waals surface area (Å²) >= 11 is 0. The van der Waals surface area contributed by atoms with Crippen LogP contribution in [-0.2, 0) is 0 Å². The third kappa shape index (κ3) is 2.21. The molecule has 0 aromatic carbocycles. The summed E-state index contributed by atoms with van der Waals surface area (Å²) in [6, 6.07) is 0. The molecule has 0 heteroatoms. The molecule has 1 radical (unpaired) electrons. The van der Waals surface area contributed by atoms with Gasteiger partial charge in [-0.1, -0.05) is 25.3 Å². The Morgan fingerprint density at radius 1 is 1.67 bits per heavy atom. The highest BCUT2D eigenvalue weighted by Gasteiger charge is 2.10. The van der Waals surface area contributed by atoms with Crippen LogP contribution < -0.4 is 0 Å². The molecule has 9 heavy (non-hydrogen) atoms. The molecule has 51 valence electrons. The summed E-state index contributed by atoms with van der Waals surface area (Å²) in [4.78, 5) is 0. The van der Waals surface area contributed by atoms with Gasteiger partial charge in [0, 0.05) is 0 Å². The van der Waals surface area contributed by atoms with Crippen LogP contribution in [0.4, 0.5) is 0 Å². The fourth-order valence-electron chi connectivity index (χ4n) is 1.47. The van der Waals surface area contributed by atoms with Crippen molar-refractivity contribution in [1.29, 1.82) is 0 Å². The second-order valence-corrected chi connectivity index (χ2v) is 2.85. The van der Waals surface area contributed by atoms with Crippen LogP contribution in [-0.4, -0.2) is 0 Å². The normalized spacial score (nSPS) is 21.8. The Hall–Kier alpha value is -0.260. The monoisotopic (exact) mass is 123 g/mol. The van der Waals surface area contributed by atoms with Crippen LogP contribution in [0.1, 0.15) is 32.1 Å². The van der Waals surface area contributed by atoms with E-state index in [0.29, 0.717) is 0 Å². The minimum absolute atomic E-state index is 0.927. The number of rotatable bonds is 2. The van der Waals surface area contributed by atoms with Gasteiger partial charge in [0.05, 0.1) is 0 Å². The molecule has 0 aliphatic heterocycles. The van der Waals surface area contributed by atoms with E-state index in [0.717, 1.165) is 5.92 Å². The van der Waals surface area contributed by atoms with E-state index in [1.54, 1.807) is 0 Å². The molecule has 1 fully saturated rings. The molecule has 0 spiro atoms. The van der Waals surface area contributed by atoms with Gasteiger partial charge in [-0.3, -0.25) is 0 Å². The van der Waals surface area contributed by atoms with Gasteiger partial charge >= 0.3 is 0 Å². The van der Waals surface area contributed by atoms with E-state index < -0.39 is 0 Å². The lowest BCUT2D eigenvalue weighted by molar-refractivity contribution is 0.418. The molecular formula is C9H15. The fourth-order valence-corrected chi connectivity index (χ4v) is 1.47. The van der Waals surface area contributed by atoms with Crippen LogP contribution in [0.2, 0.25) is 0 Å². The van der Waals surface area contributed by atoms with E-state index in [1.807, 2.05) is 6.08 Å². The van der Waals surface area contributed by atoms with Gasteiger partial charge in [0.1, 0.15) is 0 Å². The summed E-state index contributed by atoms with van der Waals surface area (Å²) < 4.78 is 0. The van der Waals surface area contributed by atoms with Gasteiger partial charge in [-0.05, 0) is 25.2 Å². The average molecular weight is 123 g/mol. The first-order valence-corrected chi connectivity index (χ1v) is 3.86. The molecule has 1 saturated carbocycles. The van der Waals surface area contributed by atoms with Crippen LogP contribution >= 0.6 is 0 Å². The Bertz CT molecular complexity index is 78.0. The smallest absolute Gasteiger partial charge is 0.0325 e. The summed E-state index contributed by atoms with van der Waals surface area (Å²) in [6.07, 6.45) is 11.2. The minimum atomic E-state index is 0.927. The van der Waals surface area contributed by atoms with Crippen molar-refractivity contribution in [2.75, 3.05) is 0 Å². The second-order valence-electron chi connectivity index (χ2n) is 2.85. The second kappa shape index (κ2) is 3.71. The molecule has 0 heterocycles. The topological polar surface area (TPSA) is 0 Å². The summed E-state index contributed by atoms with van der Waals surface area (Å²) in [5, 5.41) is 0. The molecule has 1 atom stereocenters. The summed E-state index contributed by atoms with van der Waals surface area (Å²) in [7, 11) is 0. The van der Waals surface area contributed by atoms with Crippen molar-refractivity contribution in [2.45, 2.75) is 32.1 Å². The van der Waals surface area contributed by atoms with E-state index in [1.165, 1.54) is 32.1 Å². The zero-order valence-electron chi connectivity index (χ0n) is 5.97. The van der Waals surface area contributed by atoms with Gasteiger partial charge in [-0.2, -0.15) is 0 Å². The standard InChI is InChI=1S/C9H15/c1-2-6-9-7-4-3-5-8-9/h2,4,9H,1,3,5-8H2/t9-/m1/s1. The van der Waals surface area contributed by atoms with Crippen molar-refractivity contribution in [1.82, 2.24) is 0 Å². The molecular weight excluding hydrogens is 108 g/mol. The van der Waals surface area contributed by atoms with Crippen molar-refractivity contribution in [2.24, 2.45) is 5.92 Å². The van der Waals surface area contributed by atoms with Crippen LogP contribution in [0.5, 0.6) is 0 Å². The van der Waals surface area contributed by atoms with Gasteiger partial charge in [0.2, 0.25) is 0 Å². The molecule has 1 rings (SSSR count). The van der Waals surface area contributed by atoms with Gasteiger partial charge in [0.25, 0.3) is 0 Å². The third-order valence-electron chi connectivity index (χ3n) is 2.02. The van der Waals surface area contributed by atoms with Gasteiger partial charge in [-0.25, -0.2) is 0 Å². The lowest BCUT2D eigenvalue weighted by atomic mass is 9.87. The molecule has 0 bridgehead atoms. The van der Waals surface area contributed by atoms with E-state index in [-0.39, 0.29) is 0 Å². The predicted molar refractivity (Wildman–Crippen MR) is 41.1 cm³/mol. The Labute approximate surface area is 58.0 Å². The first-order valence-electron chi connectivity index (χ1n) is 3.86. The maximum Gasteiger partial charge on any atom is -0.0325 e.